The number of nitrogens with one attached hydrogen (secondary N) is 1. The van der Waals surface area contributed by atoms with E-state index in [-0.39, 0.29) is 34.0 Å². The second-order valence-electron chi connectivity index (χ2n) is 6.86. The van der Waals surface area contributed by atoms with Crippen molar-refractivity contribution in [2.75, 3.05) is 10.2 Å². The van der Waals surface area contributed by atoms with Crippen LogP contribution in [0, 0.1) is 5.82 Å². The minimum absolute atomic E-state index is 0.0456. The van der Waals surface area contributed by atoms with Gasteiger partial charge in [-0.05, 0) is 29.8 Å². The molecule has 2 aromatic carbocycles. The minimum Gasteiger partial charge on any atom is -0.478 e. The summed E-state index contributed by atoms with van der Waals surface area (Å²) in [6.45, 7) is 1.22. The number of carbonyl (C=O) groups is 4. The van der Waals surface area contributed by atoms with Crippen molar-refractivity contribution in [3.05, 3.63) is 70.1 Å². The fourth-order valence-electron chi connectivity index (χ4n) is 3.35. The molecule has 1 heterocycles. The fraction of sp³-hybridized carbons (Fsp3) is 0.143. The first kappa shape index (κ1) is 22.0. The summed E-state index contributed by atoms with van der Waals surface area (Å²) in [5.74, 6) is -4.59. The number of carbonyl (C=O) groups excluding carboxylic acids is 3. The Morgan fingerprint density at radius 2 is 1.97 bits per heavy atom. The molecule has 1 atom stereocenters. The van der Waals surface area contributed by atoms with Crippen LogP contribution in [-0.2, 0) is 14.4 Å². The predicted molar refractivity (Wildman–Crippen MR) is 111 cm³/mol. The highest BCUT2D eigenvalue weighted by molar-refractivity contribution is 6.34. The lowest BCUT2D eigenvalue weighted by Gasteiger charge is -2.31. The monoisotopic (exact) mass is 445 g/mol. The van der Waals surface area contributed by atoms with Crippen LogP contribution in [0.3, 0.4) is 0 Å². The molecule has 160 valence electrons. The Kier molecular flexibility index (Phi) is 6.07. The number of rotatable bonds is 5. The number of benzene rings is 2. The van der Waals surface area contributed by atoms with E-state index >= 15 is 0 Å². The number of nitrogens with zero attached hydrogens (tertiary/aromatic N) is 1. The van der Waals surface area contributed by atoms with Crippen LogP contribution in [0.4, 0.5) is 15.8 Å². The number of primary amides is 1. The van der Waals surface area contributed by atoms with Crippen molar-refractivity contribution in [1.82, 2.24) is 0 Å². The standard InChI is InChI=1S/C21H17ClFN3O5/c1-10(27)25-17-6-14(20(24)29)16(22)8-18(17)26-9-15(21(30)31)13(7-19(26)28)11-3-2-4-12(23)5-11/h2-6,8-9,13H,7H2,1H3,(H2,24,29)(H,25,27)(H,30,31). The first-order valence-electron chi connectivity index (χ1n) is 9.02. The van der Waals surface area contributed by atoms with Crippen LogP contribution in [0.15, 0.2) is 48.2 Å². The molecule has 3 rings (SSSR count). The van der Waals surface area contributed by atoms with Gasteiger partial charge in [-0.2, -0.15) is 0 Å². The van der Waals surface area contributed by atoms with E-state index in [1.54, 1.807) is 0 Å². The summed E-state index contributed by atoms with van der Waals surface area (Å²) in [5.41, 5.74) is 5.49. The highest BCUT2D eigenvalue weighted by atomic mass is 35.5. The van der Waals surface area contributed by atoms with Gasteiger partial charge in [-0.15, -0.1) is 0 Å². The highest BCUT2D eigenvalue weighted by Crippen LogP contribution is 2.39. The third-order valence-electron chi connectivity index (χ3n) is 4.71. The first-order chi connectivity index (χ1) is 14.6. The topological polar surface area (TPSA) is 130 Å². The van der Waals surface area contributed by atoms with Crippen molar-refractivity contribution in [3.8, 4) is 0 Å². The molecule has 0 saturated carbocycles. The molecular weight excluding hydrogens is 429 g/mol. The zero-order valence-corrected chi connectivity index (χ0v) is 16.9. The van der Waals surface area contributed by atoms with Crippen molar-refractivity contribution in [3.63, 3.8) is 0 Å². The number of hydrogen-bond donors (Lipinski definition) is 3. The Bertz CT molecular complexity index is 1150. The van der Waals surface area contributed by atoms with Crippen LogP contribution in [0.2, 0.25) is 5.02 Å². The average Bonchev–Trinajstić information content (AvgIpc) is 2.68. The van der Waals surface area contributed by atoms with Gasteiger partial charge < -0.3 is 16.2 Å². The Hall–Kier alpha value is -3.72. The molecule has 0 saturated heterocycles. The molecule has 1 unspecified atom stereocenters. The summed E-state index contributed by atoms with van der Waals surface area (Å²) < 4.78 is 13.7. The molecule has 0 spiro atoms. The summed E-state index contributed by atoms with van der Waals surface area (Å²) in [7, 11) is 0. The summed E-state index contributed by atoms with van der Waals surface area (Å²) in [6.07, 6.45) is 0.834. The maximum Gasteiger partial charge on any atom is 0.333 e. The minimum atomic E-state index is -1.30. The molecule has 1 aliphatic heterocycles. The van der Waals surface area contributed by atoms with Crippen LogP contribution in [-0.4, -0.2) is 28.8 Å². The third kappa shape index (κ3) is 4.56. The lowest BCUT2D eigenvalue weighted by molar-refractivity contribution is -0.133. The normalized spacial score (nSPS) is 16.0. The number of carboxylic acid groups (broad SMARTS) is 1. The van der Waals surface area contributed by atoms with Gasteiger partial charge in [0.25, 0.3) is 0 Å². The van der Waals surface area contributed by atoms with Gasteiger partial charge in [-0.1, -0.05) is 23.7 Å². The van der Waals surface area contributed by atoms with Crippen molar-refractivity contribution in [1.29, 1.82) is 0 Å². The van der Waals surface area contributed by atoms with Crippen molar-refractivity contribution in [2.24, 2.45) is 5.73 Å². The molecule has 1 aliphatic rings. The van der Waals surface area contributed by atoms with Gasteiger partial charge in [0.15, 0.2) is 0 Å². The number of carboxylic acids is 1. The molecule has 31 heavy (non-hydrogen) atoms. The average molecular weight is 446 g/mol. The molecular formula is C21H17ClFN3O5. The SMILES string of the molecule is CC(=O)Nc1cc(C(N)=O)c(Cl)cc1N1C=C(C(=O)O)C(c2cccc(F)c2)CC1=O. The van der Waals surface area contributed by atoms with E-state index in [1.165, 1.54) is 43.3 Å². The number of hydrogen-bond acceptors (Lipinski definition) is 4. The van der Waals surface area contributed by atoms with Crippen LogP contribution in [0.1, 0.15) is 35.2 Å². The Balaban J connectivity index is 2.15. The lowest BCUT2D eigenvalue weighted by Crippen LogP contribution is -2.35. The van der Waals surface area contributed by atoms with Gasteiger partial charge in [0.2, 0.25) is 17.7 Å². The molecule has 8 nitrogen and oxygen atoms in total. The van der Waals surface area contributed by atoms with E-state index in [1.807, 2.05) is 0 Å². The predicted octanol–water partition coefficient (Wildman–Crippen LogP) is 3.03. The molecule has 2 aromatic rings. The van der Waals surface area contributed by atoms with Gasteiger partial charge in [-0.3, -0.25) is 19.3 Å². The summed E-state index contributed by atoms with van der Waals surface area (Å²) >= 11 is 6.11. The van der Waals surface area contributed by atoms with Crippen molar-refractivity contribution < 1.29 is 28.7 Å². The quantitative estimate of drug-likeness (QED) is 0.651. The van der Waals surface area contributed by atoms with Crippen LogP contribution in [0.25, 0.3) is 0 Å². The van der Waals surface area contributed by atoms with Gasteiger partial charge in [0.05, 0.1) is 27.5 Å². The number of nitrogens with two attached hydrogens (primary N) is 1. The number of aliphatic carboxylic acids is 1. The lowest BCUT2D eigenvalue weighted by atomic mass is 9.85. The second-order valence-corrected chi connectivity index (χ2v) is 7.27. The maximum atomic E-state index is 13.7. The molecule has 0 aromatic heterocycles. The van der Waals surface area contributed by atoms with Crippen molar-refractivity contribution in [2.45, 2.75) is 19.3 Å². The first-order valence-corrected chi connectivity index (χ1v) is 9.39. The Morgan fingerprint density at radius 3 is 2.55 bits per heavy atom. The van der Waals surface area contributed by atoms with E-state index in [9.17, 15) is 28.7 Å². The maximum absolute atomic E-state index is 13.7. The zero-order valence-electron chi connectivity index (χ0n) is 16.2. The van der Waals surface area contributed by atoms with Crippen LogP contribution in [0.5, 0.6) is 0 Å². The van der Waals surface area contributed by atoms with E-state index in [2.05, 4.69) is 5.32 Å². The van der Waals surface area contributed by atoms with Gasteiger partial charge in [-0.25, -0.2) is 9.18 Å². The molecule has 3 amide bonds. The third-order valence-corrected chi connectivity index (χ3v) is 5.02. The molecule has 0 aliphatic carbocycles. The molecule has 0 fully saturated rings. The summed E-state index contributed by atoms with van der Waals surface area (Å²) in [6, 6.07) is 7.80. The number of halogens is 2. The number of amides is 3. The Labute approximate surface area is 181 Å². The van der Waals surface area contributed by atoms with Gasteiger partial charge in [0, 0.05) is 25.5 Å². The molecule has 0 bridgehead atoms. The summed E-state index contributed by atoms with van der Waals surface area (Å²) in [4.78, 5) is 49.1. The highest BCUT2D eigenvalue weighted by Gasteiger charge is 2.34. The largest absolute Gasteiger partial charge is 0.478 e. The second kappa shape index (κ2) is 8.57. The Morgan fingerprint density at radius 1 is 1.26 bits per heavy atom. The smallest absolute Gasteiger partial charge is 0.333 e. The number of anilines is 2. The molecule has 0 radical (unpaired) electrons. The van der Waals surface area contributed by atoms with E-state index < -0.39 is 35.4 Å². The van der Waals surface area contributed by atoms with E-state index in [0.29, 0.717) is 5.56 Å². The van der Waals surface area contributed by atoms with Crippen LogP contribution < -0.4 is 16.0 Å². The van der Waals surface area contributed by atoms with E-state index in [4.69, 9.17) is 17.3 Å². The zero-order chi connectivity index (χ0) is 22.9. The van der Waals surface area contributed by atoms with Gasteiger partial charge in [0.1, 0.15) is 5.82 Å². The molecule has 4 N–H and O–H groups in total. The van der Waals surface area contributed by atoms with Crippen molar-refractivity contribution >= 4 is 46.7 Å². The summed E-state index contributed by atoms with van der Waals surface area (Å²) in [5, 5.41) is 12.1. The molecule has 10 heteroatoms. The van der Waals surface area contributed by atoms with E-state index in [0.717, 1.165) is 11.1 Å². The van der Waals surface area contributed by atoms with Crippen LogP contribution >= 0.6 is 11.6 Å². The van der Waals surface area contributed by atoms with Gasteiger partial charge >= 0.3 is 5.97 Å². The fourth-order valence-corrected chi connectivity index (χ4v) is 3.60.